The zero-order valence-electron chi connectivity index (χ0n) is 9.73. The molecular formula is C13H17FN2O. The van der Waals surface area contributed by atoms with Crippen molar-refractivity contribution in [3.8, 4) is 5.88 Å². The van der Waals surface area contributed by atoms with E-state index < -0.39 is 0 Å². The Hall–Kier alpha value is -1.16. The molecule has 2 unspecified atom stereocenters. The summed E-state index contributed by atoms with van der Waals surface area (Å²) in [6, 6.07) is 4.31. The number of ether oxygens (including phenoxy) is 1. The van der Waals surface area contributed by atoms with Gasteiger partial charge in [-0.05, 0) is 31.7 Å². The van der Waals surface area contributed by atoms with Crippen molar-refractivity contribution in [2.75, 3.05) is 6.61 Å². The Morgan fingerprint density at radius 1 is 1.29 bits per heavy atom. The molecule has 1 aromatic rings. The van der Waals surface area contributed by atoms with Crippen molar-refractivity contribution >= 4 is 0 Å². The van der Waals surface area contributed by atoms with Gasteiger partial charge in [0, 0.05) is 24.1 Å². The van der Waals surface area contributed by atoms with Gasteiger partial charge in [-0.1, -0.05) is 0 Å². The Labute approximate surface area is 100 Å². The summed E-state index contributed by atoms with van der Waals surface area (Å²) in [4.78, 5) is 3.91. The van der Waals surface area contributed by atoms with E-state index >= 15 is 0 Å². The van der Waals surface area contributed by atoms with E-state index in [2.05, 4.69) is 10.3 Å². The van der Waals surface area contributed by atoms with Gasteiger partial charge in [0.2, 0.25) is 5.88 Å². The van der Waals surface area contributed by atoms with Crippen LogP contribution in [0.3, 0.4) is 0 Å². The first kappa shape index (κ1) is 11.0. The topological polar surface area (TPSA) is 34.1 Å². The van der Waals surface area contributed by atoms with Crippen LogP contribution in [0.2, 0.25) is 0 Å². The van der Waals surface area contributed by atoms with Gasteiger partial charge in [0.05, 0.1) is 12.8 Å². The molecule has 2 bridgehead atoms. The lowest BCUT2D eigenvalue weighted by Crippen LogP contribution is -2.42. The number of fused-ring (bicyclic) bond motifs is 2. The van der Waals surface area contributed by atoms with E-state index in [1.807, 2.05) is 0 Å². The fraction of sp³-hybridized carbons (Fsp3) is 0.615. The first-order valence-electron chi connectivity index (χ1n) is 6.31. The summed E-state index contributed by atoms with van der Waals surface area (Å²) in [5.41, 5.74) is 0. The molecular weight excluding hydrogens is 219 g/mol. The van der Waals surface area contributed by atoms with Crippen LogP contribution in [0.1, 0.15) is 25.7 Å². The van der Waals surface area contributed by atoms with Crippen LogP contribution in [0, 0.1) is 11.7 Å². The molecule has 3 heterocycles. The summed E-state index contributed by atoms with van der Waals surface area (Å²) in [6.07, 6.45) is 6.23. The standard InChI is InChI=1S/C13H17FN2O/c14-10-2-6-13(15-7-10)17-8-9-1-3-11-4-5-12(9)16-11/h2,6-7,9,11-12,16H,1,3-5,8H2/t9-,11?,12?/m0/s1. The molecule has 92 valence electrons. The Morgan fingerprint density at radius 2 is 2.18 bits per heavy atom. The first-order valence-corrected chi connectivity index (χ1v) is 6.31. The zero-order valence-corrected chi connectivity index (χ0v) is 9.73. The molecule has 3 nitrogen and oxygen atoms in total. The van der Waals surface area contributed by atoms with Gasteiger partial charge in [-0.2, -0.15) is 0 Å². The smallest absolute Gasteiger partial charge is 0.213 e. The van der Waals surface area contributed by atoms with E-state index in [9.17, 15) is 4.39 Å². The molecule has 0 spiro atoms. The van der Waals surface area contributed by atoms with Gasteiger partial charge in [0.1, 0.15) is 5.82 Å². The highest BCUT2D eigenvalue weighted by molar-refractivity contribution is 5.10. The van der Waals surface area contributed by atoms with Crippen LogP contribution >= 0.6 is 0 Å². The Bertz CT molecular complexity index is 382. The Kier molecular flexibility index (Phi) is 2.97. The van der Waals surface area contributed by atoms with E-state index in [4.69, 9.17) is 4.74 Å². The lowest BCUT2D eigenvalue weighted by Gasteiger charge is -2.29. The maximum Gasteiger partial charge on any atom is 0.213 e. The maximum atomic E-state index is 12.7. The molecule has 0 aromatic carbocycles. The second-order valence-corrected chi connectivity index (χ2v) is 5.01. The number of pyridine rings is 1. The number of halogens is 1. The highest BCUT2D eigenvalue weighted by Crippen LogP contribution is 2.31. The predicted octanol–water partition coefficient (Wildman–Crippen LogP) is 2.13. The third-order valence-corrected chi connectivity index (χ3v) is 3.88. The minimum absolute atomic E-state index is 0.324. The summed E-state index contributed by atoms with van der Waals surface area (Å²) in [6.45, 7) is 0.684. The molecule has 1 N–H and O–H groups in total. The average Bonchev–Trinajstić information content (AvgIpc) is 2.73. The van der Waals surface area contributed by atoms with E-state index in [-0.39, 0.29) is 5.82 Å². The third kappa shape index (κ3) is 2.41. The van der Waals surface area contributed by atoms with Crippen LogP contribution in [0.15, 0.2) is 18.3 Å². The Morgan fingerprint density at radius 3 is 3.00 bits per heavy atom. The average molecular weight is 236 g/mol. The number of hydrogen-bond acceptors (Lipinski definition) is 3. The number of hydrogen-bond donors (Lipinski definition) is 1. The van der Waals surface area contributed by atoms with Crippen LogP contribution in [-0.2, 0) is 0 Å². The number of rotatable bonds is 3. The van der Waals surface area contributed by atoms with Crippen LogP contribution in [0.4, 0.5) is 4.39 Å². The molecule has 2 saturated heterocycles. The largest absolute Gasteiger partial charge is 0.477 e. The molecule has 17 heavy (non-hydrogen) atoms. The first-order chi connectivity index (χ1) is 8.31. The number of nitrogens with one attached hydrogen (secondary N) is 1. The van der Waals surface area contributed by atoms with Crippen LogP contribution in [-0.4, -0.2) is 23.7 Å². The van der Waals surface area contributed by atoms with Crippen molar-refractivity contribution < 1.29 is 9.13 Å². The molecule has 0 saturated carbocycles. The zero-order chi connectivity index (χ0) is 11.7. The van der Waals surface area contributed by atoms with Gasteiger partial charge in [-0.25, -0.2) is 9.37 Å². The van der Waals surface area contributed by atoms with Gasteiger partial charge in [0.25, 0.3) is 0 Å². The lowest BCUT2D eigenvalue weighted by molar-refractivity contribution is 0.177. The molecule has 0 radical (unpaired) electrons. The number of nitrogens with zero attached hydrogens (tertiary/aromatic N) is 1. The number of piperidine rings is 1. The summed E-state index contributed by atoms with van der Waals surface area (Å²) < 4.78 is 18.3. The number of aromatic nitrogens is 1. The van der Waals surface area contributed by atoms with E-state index in [1.54, 1.807) is 6.07 Å². The highest BCUT2D eigenvalue weighted by Gasteiger charge is 2.35. The van der Waals surface area contributed by atoms with Gasteiger partial charge in [-0.3, -0.25) is 0 Å². The second-order valence-electron chi connectivity index (χ2n) is 5.01. The maximum absolute atomic E-state index is 12.7. The van der Waals surface area contributed by atoms with Crippen molar-refractivity contribution in [3.05, 3.63) is 24.1 Å². The fourth-order valence-electron chi connectivity index (χ4n) is 2.91. The normalized spacial score (nSPS) is 31.5. The molecule has 3 rings (SSSR count). The van der Waals surface area contributed by atoms with E-state index in [0.29, 0.717) is 24.4 Å². The second kappa shape index (κ2) is 4.61. The van der Waals surface area contributed by atoms with Crippen molar-refractivity contribution in [2.24, 2.45) is 5.92 Å². The van der Waals surface area contributed by atoms with Crippen molar-refractivity contribution in [1.82, 2.24) is 10.3 Å². The fourth-order valence-corrected chi connectivity index (χ4v) is 2.91. The summed E-state index contributed by atoms with van der Waals surface area (Å²) in [5, 5.41) is 3.63. The van der Waals surface area contributed by atoms with Crippen LogP contribution < -0.4 is 10.1 Å². The molecule has 3 atom stereocenters. The summed E-state index contributed by atoms with van der Waals surface area (Å²) in [5.74, 6) is 0.766. The summed E-state index contributed by atoms with van der Waals surface area (Å²) >= 11 is 0. The van der Waals surface area contributed by atoms with Gasteiger partial charge >= 0.3 is 0 Å². The summed E-state index contributed by atoms with van der Waals surface area (Å²) in [7, 11) is 0. The third-order valence-electron chi connectivity index (χ3n) is 3.88. The van der Waals surface area contributed by atoms with Crippen LogP contribution in [0.5, 0.6) is 5.88 Å². The van der Waals surface area contributed by atoms with Gasteiger partial charge < -0.3 is 10.1 Å². The molecule has 2 aliphatic rings. The van der Waals surface area contributed by atoms with Gasteiger partial charge in [-0.15, -0.1) is 0 Å². The van der Waals surface area contributed by atoms with Crippen molar-refractivity contribution in [3.63, 3.8) is 0 Å². The van der Waals surface area contributed by atoms with Crippen molar-refractivity contribution in [1.29, 1.82) is 0 Å². The molecule has 0 amide bonds. The SMILES string of the molecule is Fc1ccc(OC[C@@H]2CCC3CCC2N3)nc1. The lowest BCUT2D eigenvalue weighted by atomic mass is 9.93. The molecule has 2 aliphatic heterocycles. The Balaban J connectivity index is 1.55. The van der Waals surface area contributed by atoms with Gasteiger partial charge in [0.15, 0.2) is 0 Å². The minimum atomic E-state index is -0.324. The predicted molar refractivity (Wildman–Crippen MR) is 62.4 cm³/mol. The molecule has 1 aromatic heterocycles. The van der Waals surface area contributed by atoms with E-state index in [0.717, 1.165) is 6.04 Å². The molecule has 2 fully saturated rings. The molecule has 0 aliphatic carbocycles. The quantitative estimate of drug-likeness (QED) is 0.873. The molecule has 4 heteroatoms. The monoisotopic (exact) mass is 236 g/mol. The highest BCUT2D eigenvalue weighted by atomic mass is 19.1. The van der Waals surface area contributed by atoms with Crippen LogP contribution in [0.25, 0.3) is 0 Å². The van der Waals surface area contributed by atoms with Crippen molar-refractivity contribution in [2.45, 2.75) is 37.8 Å². The van der Waals surface area contributed by atoms with E-state index in [1.165, 1.54) is 37.9 Å². The minimum Gasteiger partial charge on any atom is -0.477 e.